The Morgan fingerprint density at radius 2 is 1.77 bits per heavy atom. The number of amides is 1. The zero-order chi connectivity index (χ0) is 19.2. The summed E-state index contributed by atoms with van der Waals surface area (Å²) in [7, 11) is -3.57. The van der Waals surface area contributed by atoms with Crippen LogP contribution in [0.1, 0.15) is 42.6 Å². The number of anilines is 1. The van der Waals surface area contributed by atoms with Crippen molar-refractivity contribution in [1.29, 1.82) is 5.26 Å². The first-order valence-electron chi connectivity index (χ1n) is 8.33. The summed E-state index contributed by atoms with van der Waals surface area (Å²) in [5, 5.41) is 13.9. The molecule has 0 saturated carbocycles. The number of hydrogen-bond donors (Lipinski definition) is 1. The van der Waals surface area contributed by atoms with Crippen LogP contribution in [0.5, 0.6) is 0 Å². The van der Waals surface area contributed by atoms with Crippen LogP contribution < -0.4 is 5.32 Å². The molecule has 0 bridgehead atoms. The number of benzene rings is 1. The molecule has 0 spiro atoms. The van der Waals surface area contributed by atoms with Crippen LogP contribution in [-0.4, -0.2) is 31.7 Å². The van der Waals surface area contributed by atoms with Gasteiger partial charge in [-0.3, -0.25) is 4.79 Å². The van der Waals surface area contributed by atoms with Gasteiger partial charge in [0.25, 0.3) is 5.91 Å². The first-order valence-corrected chi connectivity index (χ1v) is 10.6. The van der Waals surface area contributed by atoms with Gasteiger partial charge >= 0.3 is 0 Å². The van der Waals surface area contributed by atoms with Crippen molar-refractivity contribution in [1.82, 2.24) is 4.31 Å². The zero-order valence-corrected chi connectivity index (χ0v) is 16.4. The van der Waals surface area contributed by atoms with E-state index < -0.39 is 10.0 Å². The van der Waals surface area contributed by atoms with E-state index in [1.165, 1.54) is 39.9 Å². The molecule has 8 heteroatoms. The van der Waals surface area contributed by atoms with E-state index in [1.54, 1.807) is 11.4 Å². The van der Waals surface area contributed by atoms with E-state index in [4.69, 9.17) is 5.26 Å². The lowest BCUT2D eigenvalue weighted by molar-refractivity contribution is 0.102. The fourth-order valence-electron chi connectivity index (χ4n) is 2.45. The summed E-state index contributed by atoms with van der Waals surface area (Å²) in [5.74, 6) is -0.383. The van der Waals surface area contributed by atoms with E-state index >= 15 is 0 Å². The molecule has 1 aromatic carbocycles. The van der Waals surface area contributed by atoms with Crippen LogP contribution in [0, 0.1) is 11.3 Å². The largest absolute Gasteiger partial charge is 0.312 e. The standard InChI is InChI=1S/C18H21N3O3S2/c1-3-10-21(11-4-2)26(23,24)16-7-5-14(6-8-16)17(22)20-18-15(13-19)9-12-25-18/h5-9,12H,3-4,10-11H2,1-2H3,(H,20,22). The number of carbonyl (C=O) groups is 1. The molecule has 0 aliphatic carbocycles. The molecular formula is C18H21N3O3S2. The number of nitrogens with zero attached hydrogens (tertiary/aromatic N) is 2. The lowest BCUT2D eigenvalue weighted by Crippen LogP contribution is -2.32. The smallest absolute Gasteiger partial charge is 0.256 e. The molecule has 0 aliphatic heterocycles. The first-order chi connectivity index (χ1) is 12.4. The van der Waals surface area contributed by atoms with Crippen LogP contribution in [0.25, 0.3) is 0 Å². The minimum atomic E-state index is -3.57. The molecule has 0 unspecified atom stereocenters. The number of sulfonamides is 1. The van der Waals surface area contributed by atoms with Gasteiger partial charge in [-0.2, -0.15) is 9.57 Å². The molecule has 1 N–H and O–H groups in total. The molecular weight excluding hydrogens is 370 g/mol. The molecule has 1 amide bonds. The van der Waals surface area contributed by atoms with Crippen molar-refractivity contribution >= 4 is 32.3 Å². The molecule has 0 atom stereocenters. The molecule has 1 aromatic heterocycles. The van der Waals surface area contributed by atoms with Gasteiger partial charge in [-0.05, 0) is 48.6 Å². The summed E-state index contributed by atoms with van der Waals surface area (Å²) in [4.78, 5) is 12.5. The van der Waals surface area contributed by atoms with Crippen LogP contribution in [-0.2, 0) is 10.0 Å². The fraction of sp³-hybridized carbons (Fsp3) is 0.333. The highest BCUT2D eigenvalue weighted by Gasteiger charge is 2.23. The van der Waals surface area contributed by atoms with Crippen LogP contribution in [0.2, 0.25) is 0 Å². The molecule has 6 nitrogen and oxygen atoms in total. The maximum atomic E-state index is 12.7. The molecule has 2 rings (SSSR count). The number of nitrogens with one attached hydrogen (secondary N) is 1. The Morgan fingerprint density at radius 3 is 2.31 bits per heavy atom. The average molecular weight is 392 g/mol. The van der Waals surface area contributed by atoms with Crippen LogP contribution in [0.15, 0.2) is 40.6 Å². The number of rotatable bonds is 8. The van der Waals surface area contributed by atoms with Crippen LogP contribution >= 0.6 is 11.3 Å². The van der Waals surface area contributed by atoms with Crippen molar-refractivity contribution in [3.8, 4) is 6.07 Å². The lowest BCUT2D eigenvalue weighted by Gasteiger charge is -2.21. The first kappa shape index (κ1) is 20.1. The minimum Gasteiger partial charge on any atom is -0.312 e. The summed E-state index contributed by atoms with van der Waals surface area (Å²) < 4.78 is 26.9. The van der Waals surface area contributed by atoms with Gasteiger partial charge in [-0.1, -0.05) is 13.8 Å². The molecule has 26 heavy (non-hydrogen) atoms. The third-order valence-electron chi connectivity index (χ3n) is 3.71. The van der Waals surface area contributed by atoms with Crippen molar-refractivity contribution in [2.45, 2.75) is 31.6 Å². The summed E-state index contributed by atoms with van der Waals surface area (Å²) in [6, 6.07) is 9.50. The van der Waals surface area contributed by atoms with E-state index in [1.807, 2.05) is 19.9 Å². The van der Waals surface area contributed by atoms with Gasteiger partial charge in [0.05, 0.1) is 10.5 Å². The molecule has 0 fully saturated rings. The second-order valence-electron chi connectivity index (χ2n) is 5.66. The molecule has 0 radical (unpaired) electrons. The second-order valence-corrected chi connectivity index (χ2v) is 8.51. The van der Waals surface area contributed by atoms with Crippen molar-refractivity contribution in [3.05, 3.63) is 46.8 Å². The van der Waals surface area contributed by atoms with Gasteiger partial charge in [0, 0.05) is 18.7 Å². The third-order valence-corrected chi connectivity index (χ3v) is 6.46. The van der Waals surface area contributed by atoms with Crippen molar-refractivity contribution in [3.63, 3.8) is 0 Å². The second kappa shape index (κ2) is 8.94. The van der Waals surface area contributed by atoms with Crippen molar-refractivity contribution < 1.29 is 13.2 Å². The molecule has 2 aromatic rings. The van der Waals surface area contributed by atoms with E-state index in [9.17, 15) is 13.2 Å². The quantitative estimate of drug-likeness (QED) is 0.743. The summed E-state index contributed by atoms with van der Waals surface area (Å²) >= 11 is 1.26. The van der Waals surface area contributed by atoms with E-state index in [0.29, 0.717) is 29.2 Å². The van der Waals surface area contributed by atoms with Crippen molar-refractivity contribution in [2.75, 3.05) is 18.4 Å². The highest BCUT2D eigenvalue weighted by atomic mass is 32.2. The van der Waals surface area contributed by atoms with Crippen LogP contribution in [0.4, 0.5) is 5.00 Å². The summed E-state index contributed by atoms with van der Waals surface area (Å²) in [6.07, 6.45) is 1.48. The normalized spacial score (nSPS) is 11.3. The van der Waals surface area contributed by atoms with Crippen LogP contribution in [0.3, 0.4) is 0 Å². The zero-order valence-electron chi connectivity index (χ0n) is 14.7. The predicted octanol–water partition coefficient (Wildman–Crippen LogP) is 3.68. The number of hydrogen-bond acceptors (Lipinski definition) is 5. The maximum absolute atomic E-state index is 12.7. The van der Waals surface area contributed by atoms with Gasteiger partial charge < -0.3 is 5.32 Å². The minimum absolute atomic E-state index is 0.171. The Labute approximate surface area is 158 Å². The Balaban J connectivity index is 2.19. The highest BCUT2D eigenvalue weighted by Crippen LogP contribution is 2.23. The number of carbonyl (C=O) groups excluding carboxylic acids is 1. The SMILES string of the molecule is CCCN(CCC)S(=O)(=O)c1ccc(C(=O)Nc2sccc2C#N)cc1. The average Bonchev–Trinajstić information content (AvgIpc) is 3.08. The fourth-order valence-corrected chi connectivity index (χ4v) is 4.80. The number of thiophene rings is 1. The molecule has 0 aliphatic rings. The highest BCUT2D eigenvalue weighted by molar-refractivity contribution is 7.89. The number of nitriles is 1. The Hall–Kier alpha value is -2.21. The molecule has 0 saturated heterocycles. The Morgan fingerprint density at radius 1 is 1.15 bits per heavy atom. The monoisotopic (exact) mass is 391 g/mol. The Kier molecular flexibility index (Phi) is 6.91. The third kappa shape index (κ3) is 4.49. The lowest BCUT2D eigenvalue weighted by atomic mass is 10.2. The Bertz CT molecular complexity index is 891. The van der Waals surface area contributed by atoms with E-state index in [0.717, 1.165) is 12.8 Å². The topological polar surface area (TPSA) is 90.3 Å². The molecule has 138 valence electrons. The maximum Gasteiger partial charge on any atom is 0.256 e. The van der Waals surface area contributed by atoms with Gasteiger partial charge in [0.1, 0.15) is 11.1 Å². The van der Waals surface area contributed by atoms with Gasteiger partial charge in [-0.15, -0.1) is 11.3 Å². The summed E-state index contributed by atoms with van der Waals surface area (Å²) in [5.41, 5.74) is 0.732. The van der Waals surface area contributed by atoms with E-state index in [2.05, 4.69) is 5.32 Å². The van der Waals surface area contributed by atoms with Gasteiger partial charge in [0.2, 0.25) is 10.0 Å². The molecule has 1 heterocycles. The van der Waals surface area contributed by atoms with Gasteiger partial charge in [0.15, 0.2) is 0 Å². The predicted molar refractivity (Wildman–Crippen MR) is 103 cm³/mol. The van der Waals surface area contributed by atoms with Crippen molar-refractivity contribution in [2.24, 2.45) is 0 Å². The summed E-state index contributed by atoms with van der Waals surface area (Å²) in [6.45, 7) is 4.80. The van der Waals surface area contributed by atoms with E-state index in [-0.39, 0.29) is 10.8 Å². The van der Waals surface area contributed by atoms with Gasteiger partial charge in [-0.25, -0.2) is 8.42 Å².